The third-order valence-corrected chi connectivity index (χ3v) is 3.90. The molecule has 20 heavy (non-hydrogen) atoms. The van der Waals surface area contributed by atoms with Crippen LogP contribution in [0.15, 0.2) is 47.4 Å². The fourth-order valence-electron chi connectivity index (χ4n) is 1.91. The Labute approximate surface area is 117 Å². The summed E-state index contributed by atoms with van der Waals surface area (Å²) in [5.41, 5.74) is 0.731. The number of carbonyl (C=O) groups is 1. The summed E-state index contributed by atoms with van der Waals surface area (Å²) in [6, 6.07) is 10.3. The van der Waals surface area contributed by atoms with Gasteiger partial charge < -0.3 is 9.67 Å². The van der Waals surface area contributed by atoms with E-state index in [1.165, 1.54) is 34.2 Å². The van der Waals surface area contributed by atoms with Gasteiger partial charge in [-0.2, -0.15) is 0 Å². The molecular formula is C14H10N2O3S. The maximum absolute atomic E-state index is 11.8. The number of aromatic carboxylic acids is 1. The van der Waals surface area contributed by atoms with E-state index >= 15 is 0 Å². The highest BCUT2D eigenvalue weighted by atomic mass is 32.1. The number of pyridine rings is 1. The minimum Gasteiger partial charge on any atom is -0.478 e. The molecular weight excluding hydrogens is 276 g/mol. The van der Waals surface area contributed by atoms with Gasteiger partial charge in [0.05, 0.1) is 22.3 Å². The maximum Gasteiger partial charge on any atom is 0.337 e. The van der Waals surface area contributed by atoms with Crippen molar-refractivity contribution in [3.05, 3.63) is 63.5 Å². The van der Waals surface area contributed by atoms with Crippen LogP contribution in [0.2, 0.25) is 0 Å². The fraction of sp³-hybridized carbons (Fsp3) is 0.0714. The number of nitrogens with zero attached hydrogens (tertiary/aromatic N) is 2. The van der Waals surface area contributed by atoms with Crippen molar-refractivity contribution in [3.63, 3.8) is 0 Å². The van der Waals surface area contributed by atoms with Crippen molar-refractivity contribution in [2.75, 3.05) is 0 Å². The molecule has 0 radical (unpaired) electrons. The Morgan fingerprint density at radius 1 is 1.25 bits per heavy atom. The van der Waals surface area contributed by atoms with Crippen molar-refractivity contribution in [3.8, 4) is 0 Å². The highest BCUT2D eigenvalue weighted by Crippen LogP contribution is 2.21. The topological polar surface area (TPSA) is 72.2 Å². The lowest BCUT2D eigenvalue weighted by Gasteiger charge is -2.03. The average molecular weight is 286 g/mol. The third kappa shape index (κ3) is 2.33. The van der Waals surface area contributed by atoms with E-state index in [1.807, 2.05) is 24.3 Å². The second-order valence-corrected chi connectivity index (χ2v) is 5.38. The summed E-state index contributed by atoms with van der Waals surface area (Å²) in [6.45, 7) is 0.277. The summed E-state index contributed by atoms with van der Waals surface area (Å²) in [7, 11) is 0. The summed E-state index contributed by atoms with van der Waals surface area (Å²) in [5, 5.41) is 9.73. The number of hydrogen-bond donors (Lipinski definition) is 1. The van der Waals surface area contributed by atoms with Crippen LogP contribution >= 0.6 is 11.3 Å². The van der Waals surface area contributed by atoms with Crippen LogP contribution in [0.1, 0.15) is 15.4 Å². The normalized spacial score (nSPS) is 10.8. The molecule has 0 atom stereocenters. The molecule has 2 aromatic heterocycles. The van der Waals surface area contributed by atoms with Crippen molar-refractivity contribution in [1.82, 2.24) is 9.55 Å². The van der Waals surface area contributed by atoms with Gasteiger partial charge in [0.15, 0.2) is 0 Å². The molecule has 0 amide bonds. The van der Waals surface area contributed by atoms with E-state index in [4.69, 9.17) is 5.11 Å². The van der Waals surface area contributed by atoms with Crippen molar-refractivity contribution in [2.45, 2.75) is 6.54 Å². The first-order chi connectivity index (χ1) is 9.63. The zero-order valence-corrected chi connectivity index (χ0v) is 11.1. The largest absolute Gasteiger partial charge is 0.478 e. The Balaban J connectivity index is 2.00. The van der Waals surface area contributed by atoms with Gasteiger partial charge in [0.2, 0.25) is 0 Å². The van der Waals surface area contributed by atoms with Crippen molar-refractivity contribution in [1.29, 1.82) is 0 Å². The van der Waals surface area contributed by atoms with E-state index in [2.05, 4.69) is 4.98 Å². The van der Waals surface area contributed by atoms with E-state index in [9.17, 15) is 9.59 Å². The molecule has 100 valence electrons. The summed E-state index contributed by atoms with van der Waals surface area (Å²) in [5.74, 6) is -1.05. The van der Waals surface area contributed by atoms with E-state index < -0.39 is 5.97 Å². The molecule has 1 N–H and O–H groups in total. The highest BCUT2D eigenvalue weighted by molar-refractivity contribution is 7.18. The number of aromatic nitrogens is 2. The summed E-state index contributed by atoms with van der Waals surface area (Å²) in [6.07, 6.45) is 1.34. The van der Waals surface area contributed by atoms with E-state index in [0.29, 0.717) is 0 Å². The molecule has 3 aromatic rings. The van der Waals surface area contributed by atoms with Crippen LogP contribution in [0.25, 0.3) is 10.2 Å². The van der Waals surface area contributed by atoms with Gasteiger partial charge in [-0.25, -0.2) is 9.78 Å². The van der Waals surface area contributed by atoms with Gasteiger partial charge in [-0.05, 0) is 18.2 Å². The highest BCUT2D eigenvalue weighted by Gasteiger charge is 2.08. The molecule has 0 aliphatic rings. The van der Waals surface area contributed by atoms with Crippen LogP contribution in [0.5, 0.6) is 0 Å². The molecule has 0 aliphatic heterocycles. The Kier molecular flexibility index (Phi) is 3.08. The van der Waals surface area contributed by atoms with E-state index in [0.717, 1.165) is 15.2 Å². The Hall–Kier alpha value is -2.47. The predicted molar refractivity (Wildman–Crippen MR) is 76.4 cm³/mol. The van der Waals surface area contributed by atoms with Crippen LogP contribution in [0.4, 0.5) is 0 Å². The fourth-order valence-corrected chi connectivity index (χ4v) is 2.88. The molecule has 2 heterocycles. The average Bonchev–Trinajstić information content (AvgIpc) is 2.83. The first kappa shape index (κ1) is 12.6. The molecule has 1 aromatic carbocycles. The summed E-state index contributed by atoms with van der Waals surface area (Å²) < 4.78 is 2.41. The lowest BCUT2D eigenvalue weighted by Crippen LogP contribution is -2.20. The molecule has 0 saturated heterocycles. The molecule has 0 spiro atoms. The van der Waals surface area contributed by atoms with E-state index in [-0.39, 0.29) is 17.7 Å². The van der Waals surface area contributed by atoms with Crippen molar-refractivity contribution >= 4 is 27.5 Å². The second kappa shape index (κ2) is 4.90. The van der Waals surface area contributed by atoms with Gasteiger partial charge in [-0.3, -0.25) is 4.79 Å². The Morgan fingerprint density at radius 2 is 2.05 bits per heavy atom. The number of benzene rings is 1. The molecule has 0 fully saturated rings. The Morgan fingerprint density at radius 3 is 2.80 bits per heavy atom. The second-order valence-electron chi connectivity index (χ2n) is 4.26. The number of carboxylic acids is 1. The molecule has 3 rings (SSSR count). The van der Waals surface area contributed by atoms with Gasteiger partial charge >= 0.3 is 5.97 Å². The van der Waals surface area contributed by atoms with Crippen LogP contribution < -0.4 is 5.56 Å². The minimum absolute atomic E-state index is 0.0886. The summed E-state index contributed by atoms with van der Waals surface area (Å²) in [4.78, 5) is 27.1. The van der Waals surface area contributed by atoms with Crippen LogP contribution in [0.3, 0.4) is 0 Å². The van der Waals surface area contributed by atoms with Crippen LogP contribution in [0, 0.1) is 0 Å². The molecule has 5 nitrogen and oxygen atoms in total. The van der Waals surface area contributed by atoms with Gasteiger partial charge in [-0.15, -0.1) is 11.3 Å². The molecule has 0 aliphatic carbocycles. The molecule has 0 saturated carbocycles. The zero-order valence-electron chi connectivity index (χ0n) is 10.3. The van der Waals surface area contributed by atoms with E-state index in [1.54, 1.807) is 0 Å². The SMILES string of the molecule is O=C(O)c1ccc(=O)n(Cc2nc3ccccc3s2)c1. The number of hydrogen-bond acceptors (Lipinski definition) is 4. The molecule has 6 heteroatoms. The Bertz CT molecular complexity index is 818. The quantitative estimate of drug-likeness (QED) is 0.801. The monoisotopic (exact) mass is 286 g/mol. The summed E-state index contributed by atoms with van der Waals surface area (Å²) >= 11 is 1.50. The van der Waals surface area contributed by atoms with Gasteiger partial charge in [0.1, 0.15) is 5.01 Å². The number of rotatable bonds is 3. The standard InChI is InChI=1S/C14H10N2O3S/c17-13-6-5-9(14(18)19)7-16(13)8-12-15-10-3-1-2-4-11(10)20-12/h1-7H,8H2,(H,18,19). The van der Waals surface area contributed by atoms with Gasteiger partial charge in [0, 0.05) is 12.3 Å². The molecule has 0 bridgehead atoms. The first-order valence-corrected chi connectivity index (χ1v) is 6.73. The lowest BCUT2D eigenvalue weighted by atomic mass is 10.3. The van der Waals surface area contributed by atoms with Crippen LogP contribution in [-0.4, -0.2) is 20.6 Å². The maximum atomic E-state index is 11.8. The minimum atomic E-state index is -1.05. The lowest BCUT2D eigenvalue weighted by molar-refractivity contribution is 0.0696. The smallest absolute Gasteiger partial charge is 0.337 e. The van der Waals surface area contributed by atoms with Gasteiger partial charge in [0.25, 0.3) is 5.56 Å². The molecule has 0 unspecified atom stereocenters. The van der Waals surface area contributed by atoms with Crippen LogP contribution in [-0.2, 0) is 6.54 Å². The number of para-hydroxylation sites is 1. The first-order valence-electron chi connectivity index (χ1n) is 5.92. The van der Waals surface area contributed by atoms with Crippen molar-refractivity contribution in [2.24, 2.45) is 0 Å². The number of carboxylic acid groups (broad SMARTS) is 1. The predicted octanol–water partition coefficient (Wildman–Crippen LogP) is 2.20. The zero-order chi connectivity index (χ0) is 14.1. The number of thiazole rings is 1. The third-order valence-electron chi connectivity index (χ3n) is 2.87. The van der Waals surface area contributed by atoms with Crippen molar-refractivity contribution < 1.29 is 9.90 Å². The van der Waals surface area contributed by atoms with Gasteiger partial charge in [-0.1, -0.05) is 12.1 Å². The number of fused-ring (bicyclic) bond motifs is 1.